The number of methoxy groups -OCH3 is 1. The third-order valence-corrected chi connectivity index (χ3v) is 3.67. The lowest BCUT2D eigenvalue weighted by Crippen LogP contribution is -2.40. The Hall–Kier alpha value is -1.18. The van der Waals surface area contributed by atoms with E-state index in [1.165, 1.54) is 19.4 Å². The molecule has 17 heavy (non-hydrogen) atoms. The fourth-order valence-corrected chi connectivity index (χ4v) is 2.29. The number of nitrogens with two attached hydrogens (primary N) is 1. The largest absolute Gasteiger partial charge is 0.396 e. The summed E-state index contributed by atoms with van der Waals surface area (Å²) in [5.74, 6) is 0. The van der Waals surface area contributed by atoms with Gasteiger partial charge in [0.05, 0.1) is 11.3 Å². The molecule has 0 aliphatic rings. The van der Waals surface area contributed by atoms with E-state index in [2.05, 4.69) is 9.71 Å². The van der Waals surface area contributed by atoms with Gasteiger partial charge in [-0.3, -0.25) is 0 Å². The normalized spacial score (nSPS) is 12.6. The third-order valence-electron chi connectivity index (χ3n) is 2.30. The Morgan fingerprint density at radius 2 is 2.18 bits per heavy atom. The predicted molar refractivity (Wildman–Crippen MR) is 64.9 cm³/mol. The van der Waals surface area contributed by atoms with E-state index in [1.54, 1.807) is 19.9 Å². The van der Waals surface area contributed by atoms with E-state index in [4.69, 9.17) is 10.5 Å². The van der Waals surface area contributed by atoms with Crippen molar-refractivity contribution in [1.82, 2.24) is 9.71 Å². The fraction of sp³-hybridized carbons (Fsp3) is 0.500. The molecule has 1 heterocycles. The van der Waals surface area contributed by atoms with Crippen LogP contribution in [0.1, 0.15) is 13.8 Å². The number of anilines is 1. The van der Waals surface area contributed by atoms with Gasteiger partial charge in [0.1, 0.15) is 0 Å². The van der Waals surface area contributed by atoms with E-state index >= 15 is 0 Å². The van der Waals surface area contributed by atoms with Gasteiger partial charge in [-0.05, 0) is 26.0 Å². The highest BCUT2D eigenvalue weighted by atomic mass is 32.2. The first-order valence-corrected chi connectivity index (χ1v) is 6.52. The highest BCUT2D eigenvalue weighted by Gasteiger charge is 2.23. The van der Waals surface area contributed by atoms with E-state index in [9.17, 15) is 8.42 Å². The number of hydrogen-bond donors (Lipinski definition) is 2. The van der Waals surface area contributed by atoms with Gasteiger partial charge in [0.2, 0.25) is 0 Å². The van der Waals surface area contributed by atoms with Crippen molar-refractivity contribution < 1.29 is 13.2 Å². The van der Waals surface area contributed by atoms with Gasteiger partial charge in [-0.2, -0.15) is 0 Å². The molecule has 1 aromatic rings. The van der Waals surface area contributed by atoms with Gasteiger partial charge in [-0.25, -0.2) is 18.1 Å². The number of rotatable bonds is 5. The first-order chi connectivity index (χ1) is 7.78. The Kier molecular flexibility index (Phi) is 4.07. The van der Waals surface area contributed by atoms with Crippen molar-refractivity contribution in [1.29, 1.82) is 0 Å². The highest BCUT2D eigenvalue weighted by molar-refractivity contribution is 7.89. The SMILES string of the molecule is COC(C)(C)CNS(=O)(=O)c1ncccc1N. The van der Waals surface area contributed by atoms with Crippen LogP contribution in [0.4, 0.5) is 5.69 Å². The van der Waals surface area contributed by atoms with Gasteiger partial charge in [-0.15, -0.1) is 0 Å². The van der Waals surface area contributed by atoms with Gasteiger partial charge in [0, 0.05) is 19.9 Å². The summed E-state index contributed by atoms with van der Waals surface area (Å²) >= 11 is 0. The lowest BCUT2D eigenvalue weighted by molar-refractivity contribution is 0.0276. The average molecular weight is 259 g/mol. The van der Waals surface area contributed by atoms with E-state index < -0.39 is 15.6 Å². The first-order valence-electron chi connectivity index (χ1n) is 5.04. The molecule has 1 rings (SSSR count). The molecule has 0 bridgehead atoms. The molecule has 0 radical (unpaired) electrons. The van der Waals surface area contributed by atoms with E-state index in [0.717, 1.165) is 0 Å². The van der Waals surface area contributed by atoms with Gasteiger partial charge in [0.15, 0.2) is 5.03 Å². The number of nitrogens with zero attached hydrogens (tertiary/aromatic N) is 1. The zero-order valence-corrected chi connectivity index (χ0v) is 10.9. The molecule has 96 valence electrons. The third kappa shape index (κ3) is 3.65. The van der Waals surface area contributed by atoms with Crippen molar-refractivity contribution in [2.75, 3.05) is 19.4 Å². The molecule has 0 atom stereocenters. The molecular formula is C10H17N3O3S. The molecule has 0 aliphatic heterocycles. The van der Waals surface area contributed by atoms with E-state index in [1.807, 2.05) is 0 Å². The monoisotopic (exact) mass is 259 g/mol. The summed E-state index contributed by atoms with van der Waals surface area (Å²) < 4.78 is 31.3. The number of nitrogen functional groups attached to an aromatic ring is 1. The number of ether oxygens (including phenoxy) is 1. The minimum absolute atomic E-state index is 0.121. The van der Waals surface area contributed by atoms with Gasteiger partial charge in [0.25, 0.3) is 10.0 Å². The Balaban J connectivity index is 2.88. The van der Waals surface area contributed by atoms with Crippen molar-refractivity contribution in [2.24, 2.45) is 0 Å². The first kappa shape index (κ1) is 13.9. The summed E-state index contributed by atoms with van der Waals surface area (Å²) in [5, 5.41) is -0.160. The highest BCUT2D eigenvalue weighted by Crippen LogP contribution is 2.14. The topological polar surface area (TPSA) is 94.3 Å². The summed E-state index contributed by atoms with van der Waals surface area (Å²) in [5.41, 5.74) is 5.10. The Morgan fingerprint density at radius 3 is 2.71 bits per heavy atom. The molecule has 0 saturated heterocycles. The maximum absolute atomic E-state index is 11.9. The molecular weight excluding hydrogens is 242 g/mol. The predicted octanol–water partition coefficient (Wildman–Crippen LogP) is 0.367. The second kappa shape index (κ2) is 4.99. The lowest BCUT2D eigenvalue weighted by Gasteiger charge is -2.22. The van der Waals surface area contributed by atoms with Gasteiger partial charge < -0.3 is 10.5 Å². The second-order valence-electron chi connectivity index (χ2n) is 4.19. The number of hydrogen-bond acceptors (Lipinski definition) is 5. The average Bonchev–Trinajstić information content (AvgIpc) is 2.27. The van der Waals surface area contributed by atoms with Crippen molar-refractivity contribution in [3.8, 4) is 0 Å². The molecule has 0 unspecified atom stereocenters. The number of sulfonamides is 1. The molecule has 0 spiro atoms. The molecule has 3 N–H and O–H groups in total. The van der Waals surface area contributed by atoms with Crippen molar-refractivity contribution >= 4 is 15.7 Å². The zero-order chi connectivity index (χ0) is 13.1. The quantitative estimate of drug-likeness (QED) is 0.796. The minimum Gasteiger partial charge on any atom is -0.396 e. The zero-order valence-electron chi connectivity index (χ0n) is 10.1. The Bertz CT molecular complexity index is 485. The van der Waals surface area contributed by atoms with E-state index in [-0.39, 0.29) is 17.3 Å². The summed E-state index contributed by atoms with van der Waals surface area (Å²) in [4.78, 5) is 3.76. The van der Waals surface area contributed by atoms with Crippen LogP contribution in [0.15, 0.2) is 23.4 Å². The van der Waals surface area contributed by atoms with Crippen LogP contribution in [0, 0.1) is 0 Å². The number of pyridine rings is 1. The van der Waals surface area contributed by atoms with Crippen LogP contribution in [-0.4, -0.2) is 32.7 Å². The molecule has 0 fully saturated rings. The van der Waals surface area contributed by atoms with Crippen molar-refractivity contribution in [2.45, 2.75) is 24.5 Å². The molecule has 0 saturated carbocycles. The van der Waals surface area contributed by atoms with Gasteiger partial charge >= 0.3 is 0 Å². The summed E-state index contributed by atoms with van der Waals surface area (Å²) in [6.45, 7) is 3.69. The molecule has 6 nitrogen and oxygen atoms in total. The number of nitrogens with one attached hydrogen (secondary N) is 1. The van der Waals surface area contributed by atoms with Crippen LogP contribution < -0.4 is 10.5 Å². The van der Waals surface area contributed by atoms with Crippen molar-refractivity contribution in [3.63, 3.8) is 0 Å². The fourth-order valence-electron chi connectivity index (χ4n) is 1.04. The molecule has 7 heteroatoms. The molecule has 1 aromatic heterocycles. The van der Waals surface area contributed by atoms with Crippen LogP contribution in [0.5, 0.6) is 0 Å². The van der Waals surface area contributed by atoms with Crippen LogP contribution in [0.3, 0.4) is 0 Å². The van der Waals surface area contributed by atoms with E-state index in [0.29, 0.717) is 0 Å². The summed E-state index contributed by atoms with van der Waals surface area (Å²) in [6, 6.07) is 3.07. The second-order valence-corrected chi connectivity index (χ2v) is 5.87. The molecule has 0 aromatic carbocycles. The van der Waals surface area contributed by atoms with Crippen LogP contribution in [-0.2, 0) is 14.8 Å². The number of aromatic nitrogens is 1. The molecule has 0 aliphatic carbocycles. The van der Waals surface area contributed by atoms with Crippen LogP contribution in [0.25, 0.3) is 0 Å². The van der Waals surface area contributed by atoms with Gasteiger partial charge in [-0.1, -0.05) is 0 Å². The maximum atomic E-state index is 11.9. The van der Waals surface area contributed by atoms with Crippen LogP contribution in [0.2, 0.25) is 0 Å². The van der Waals surface area contributed by atoms with Crippen molar-refractivity contribution in [3.05, 3.63) is 18.3 Å². The maximum Gasteiger partial charge on any atom is 0.260 e. The Labute approximate surface area is 101 Å². The smallest absolute Gasteiger partial charge is 0.260 e. The lowest BCUT2D eigenvalue weighted by atomic mass is 10.1. The molecule has 0 amide bonds. The Morgan fingerprint density at radius 1 is 1.53 bits per heavy atom. The summed E-state index contributed by atoms with van der Waals surface area (Å²) in [6.07, 6.45) is 1.38. The summed E-state index contributed by atoms with van der Waals surface area (Å²) in [7, 11) is -2.18. The van der Waals surface area contributed by atoms with Crippen LogP contribution >= 0.6 is 0 Å². The minimum atomic E-state index is -3.70. The standard InChI is InChI=1S/C10H17N3O3S/c1-10(2,16-3)7-13-17(14,15)9-8(11)5-4-6-12-9/h4-6,13H,7,11H2,1-3H3.